The molecule has 0 aliphatic rings. The molecular weight excluding hydrogens is 278 g/mol. The van der Waals surface area contributed by atoms with Gasteiger partial charge in [0.05, 0.1) is 15.2 Å². The molecule has 0 aliphatic heterocycles. The number of tetrazole rings is 1. The first kappa shape index (κ1) is 13.5. The van der Waals surface area contributed by atoms with Gasteiger partial charge in [-0.05, 0) is 5.53 Å². The molecule has 0 fully saturated rings. The molecule has 1 aromatic rings. The highest BCUT2D eigenvalue weighted by Gasteiger charge is 2.77. The molecular formula is C2HN9O8. The maximum atomic E-state index is 10.6. The Hall–Kier alpha value is -3.53. The average Bonchev–Trinajstić information content (AvgIpc) is 2.64. The summed E-state index contributed by atoms with van der Waals surface area (Å²) in [7, 11) is 0. The molecule has 1 N–H and O–H groups in total. The maximum absolute atomic E-state index is 10.6. The van der Waals surface area contributed by atoms with Gasteiger partial charge in [0.1, 0.15) is 0 Å². The topological polar surface area (TPSA) is 228 Å². The Balaban J connectivity index is 3.38. The fraction of sp³-hybridized carbons (Fsp3) is 0.500. The van der Waals surface area contributed by atoms with E-state index in [1.807, 2.05) is 0 Å². The lowest BCUT2D eigenvalue weighted by Crippen LogP contribution is -2.51. The van der Waals surface area contributed by atoms with Crippen molar-refractivity contribution in [2.24, 2.45) is 0 Å². The second-order valence-corrected chi connectivity index (χ2v) is 2.67. The minimum atomic E-state index is -4.10. The molecule has 0 aromatic carbocycles. The molecule has 0 amide bonds. The Labute approximate surface area is 98.9 Å². The smallest absolute Gasteiger partial charge is 0.339 e. The lowest BCUT2D eigenvalue weighted by Gasteiger charge is -2.02. The maximum Gasteiger partial charge on any atom is 0.769 e. The molecule has 17 nitrogen and oxygen atoms in total. The van der Waals surface area contributed by atoms with Gasteiger partial charge >= 0.3 is 11.6 Å². The summed E-state index contributed by atoms with van der Waals surface area (Å²) in [6.07, 6.45) is 0. The summed E-state index contributed by atoms with van der Waals surface area (Å²) in [6, 6.07) is 0. The summed E-state index contributed by atoms with van der Waals surface area (Å²) in [5, 5.41) is 48.8. The summed E-state index contributed by atoms with van der Waals surface area (Å²) < 4.78 is 0. The molecule has 1 rings (SSSR count). The normalized spacial score (nSPS) is 10.7. The Bertz CT molecular complexity index is 524. The zero-order chi connectivity index (χ0) is 14.8. The third kappa shape index (κ3) is 2.01. The van der Waals surface area contributed by atoms with Gasteiger partial charge in [-0.15, -0.1) is 0 Å². The van der Waals surface area contributed by atoms with Crippen LogP contribution in [-0.4, -0.2) is 40.1 Å². The molecule has 0 spiro atoms. The van der Waals surface area contributed by atoms with Gasteiger partial charge in [-0.3, -0.25) is 30.3 Å². The van der Waals surface area contributed by atoms with Gasteiger partial charge in [0.25, 0.3) is 0 Å². The van der Waals surface area contributed by atoms with E-state index in [4.69, 9.17) is 0 Å². The highest BCUT2D eigenvalue weighted by atomic mass is 16.7. The van der Waals surface area contributed by atoms with Crippen molar-refractivity contribution in [3.8, 4) is 0 Å². The highest BCUT2D eigenvalue weighted by molar-refractivity contribution is 4.84. The summed E-state index contributed by atoms with van der Waals surface area (Å²) >= 11 is 0. The van der Waals surface area contributed by atoms with Crippen LogP contribution in [0.4, 0.5) is 0 Å². The predicted molar refractivity (Wildman–Crippen MR) is 46.8 cm³/mol. The predicted octanol–water partition coefficient (Wildman–Crippen LogP) is -2.65. The Kier molecular flexibility index (Phi) is 3.12. The van der Waals surface area contributed by atoms with Crippen molar-refractivity contribution in [2.75, 3.05) is 5.53 Å². The van der Waals surface area contributed by atoms with Crippen molar-refractivity contribution in [1.29, 1.82) is 0 Å². The van der Waals surface area contributed by atoms with E-state index in [0.29, 0.717) is 0 Å². The monoisotopic (exact) mass is 279 g/mol. The van der Waals surface area contributed by atoms with Crippen molar-refractivity contribution in [3.05, 3.63) is 46.3 Å². The average molecular weight is 279 g/mol. The van der Waals surface area contributed by atoms with Crippen LogP contribution < -0.4 is 5.53 Å². The number of aromatic nitrogens is 4. The first-order valence-electron chi connectivity index (χ1n) is 3.88. The van der Waals surface area contributed by atoms with Gasteiger partial charge in [-0.1, -0.05) is 5.10 Å². The molecule has 0 saturated carbocycles. The van der Waals surface area contributed by atoms with Crippen molar-refractivity contribution in [3.63, 3.8) is 0 Å². The zero-order valence-electron chi connectivity index (χ0n) is 8.34. The van der Waals surface area contributed by atoms with E-state index in [-0.39, 0.29) is 4.91 Å². The van der Waals surface area contributed by atoms with E-state index in [2.05, 4.69) is 15.4 Å². The summed E-state index contributed by atoms with van der Waals surface area (Å²) in [4.78, 5) is 36.1. The van der Waals surface area contributed by atoms with Crippen molar-refractivity contribution >= 4 is 0 Å². The lowest BCUT2D eigenvalue weighted by molar-refractivity contribution is -0.987. The number of hydrazine groups is 1. The molecule has 0 atom stereocenters. The number of nitrogens with zero attached hydrogens (tertiary/aromatic N) is 8. The van der Waals surface area contributed by atoms with Crippen LogP contribution in [-0.2, 0) is 5.79 Å². The molecule has 102 valence electrons. The van der Waals surface area contributed by atoms with Crippen LogP contribution in [0.3, 0.4) is 0 Å². The minimum absolute atomic E-state index is 0.111. The molecule has 0 radical (unpaired) electrons. The molecule has 0 saturated heterocycles. The van der Waals surface area contributed by atoms with E-state index < -0.39 is 31.4 Å². The van der Waals surface area contributed by atoms with E-state index in [0.717, 1.165) is 0 Å². The second kappa shape index (κ2) is 4.38. The van der Waals surface area contributed by atoms with E-state index >= 15 is 0 Å². The van der Waals surface area contributed by atoms with Crippen molar-refractivity contribution in [1.82, 2.24) is 20.3 Å². The SMILES string of the molecule is O=[N+]([O-])Nn1nnc(C([N+](=O)[O-])([N+](=O)[O-])[N+](=O)[O-])n1. The fourth-order valence-electron chi connectivity index (χ4n) is 0.909. The Morgan fingerprint density at radius 1 is 1.00 bits per heavy atom. The fourth-order valence-corrected chi connectivity index (χ4v) is 0.909. The van der Waals surface area contributed by atoms with Gasteiger partial charge in [-0.2, -0.15) is 0 Å². The Morgan fingerprint density at radius 3 is 1.84 bits per heavy atom. The molecule has 1 aromatic heterocycles. The number of nitro groups is 4. The van der Waals surface area contributed by atoms with Crippen LogP contribution in [0.5, 0.6) is 0 Å². The van der Waals surface area contributed by atoms with Gasteiger partial charge in [0.2, 0.25) is 0 Å². The first-order valence-corrected chi connectivity index (χ1v) is 3.88. The van der Waals surface area contributed by atoms with E-state index in [9.17, 15) is 40.5 Å². The third-order valence-electron chi connectivity index (χ3n) is 1.65. The van der Waals surface area contributed by atoms with Gasteiger partial charge in [0, 0.05) is 5.10 Å². The third-order valence-corrected chi connectivity index (χ3v) is 1.65. The van der Waals surface area contributed by atoms with Crippen molar-refractivity contribution < 1.29 is 19.8 Å². The van der Waals surface area contributed by atoms with Crippen LogP contribution >= 0.6 is 0 Å². The molecule has 0 unspecified atom stereocenters. The molecule has 1 heterocycles. The second-order valence-electron chi connectivity index (χ2n) is 2.67. The number of hydrogen-bond acceptors (Lipinski definition) is 11. The zero-order valence-corrected chi connectivity index (χ0v) is 8.34. The van der Waals surface area contributed by atoms with Crippen LogP contribution in [0.1, 0.15) is 5.82 Å². The summed E-state index contributed by atoms with van der Waals surface area (Å²) in [5.74, 6) is -5.65. The highest BCUT2D eigenvalue weighted by Crippen LogP contribution is 2.22. The molecule has 0 bridgehead atoms. The van der Waals surface area contributed by atoms with E-state index in [1.165, 1.54) is 5.53 Å². The number of hydrogen-bond donors (Lipinski definition) is 1. The quantitative estimate of drug-likeness (QED) is 0.319. The first-order chi connectivity index (χ1) is 8.72. The Morgan fingerprint density at radius 2 is 1.47 bits per heavy atom. The summed E-state index contributed by atoms with van der Waals surface area (Å²) in [5.41, 5.74) is 1.20. The van der Waals surface area contributed by atoms with Crippen LogP contribution in [0, 0.1) is 40.5 Å². The van der Waals surface area contributed by atoms with Crippen LogP contribution in [0.15, 0.2) is 0 Å². The largest absolute Gasteiger partial charge is 0.769 e. The lowest BCUT2D eigenvalue weighted by atomic mass is 10.3. The summed E-state index contributed by atoms with van der Waals surface area (Å²) in [6.45, 7) is 0. The molecule has 17 heteroatoms. The standard InChI is InChI=1S/C2HN9O8/c12-7(13)2(8(14)15,9(16)17)1-3-5-10(4-1)6-11(18)19/h6H. The van der Waals surface area contributed by atoms with Crippen LogP contribution in [0.25, 0.3) is 0 Å². The number of nitrogens with one attached hydrogen (secondary N) is 1. The molecule has 19 heavy (non-hydrogen) atoms. The minimum Gasteiger partial charge on any atom is -0.339 e. The van der Waals surface area contributed by atoms with Gasteiger partial charge in [-0.25, -0.2) is 0 Å². The van der Waals surface area contributed by atoms with Crippen molar-refractivity contribution in [2.45, 2.75) is 5.79 Å². The molecule has 0 aliphatic carbocycles. The van der Waals surface area contributed by atoms with E-state index in [1.54, 1.807) is 0 Å². The van der Waals surface area contributed by atoms with Gasteiger partial charge < -0.3 is 10.1 Å². The van der Waals surface area contributed by atoms with Crippen LogP contribution in [0.2, 0.25) is 0 Å². The van der Waals surface area contributed by atoms with Gasteiger partial charge in [0.15, 0.2) is 14.8 Å². The number of rotatable bonds is 6.